The van der Waals surface area contributed by atoms with Crippen molar-refractivity contribution in [2.75, 3.05) is 30.5 Å². The van der Waals surface area contributed by atoms with E-state index < -0.39 is 0 Å². The number of nitrogens with one attached hydrogen (secondary N) is 1. The van der Waals surface area contributed by atoms with Gasteiger partial charge in [0.15, 0.2) is 0 Å². The maximum Gasteiger partial charge on any atom is 0.131 e. The van der Waals surface area contributed by atoms with Crippen LogP contribution in [0.4, 0.5) is 5.82 Å². The molecule has 0 saturated heterocycles. The van der Waals surface area contributed by atoms with Crippen LogP contribution >= 0.6 is 11.8 Å². The quantitative estimate of drug-likeness (QED) is 0.800. The Morgan fingerprint density at radius 3 is 2.55 bits per heavy atom. The van der Waals surface area contributed by atoms with Gasteiger partial charge in [-0.2, -0.15) is 16.9 Å². The first-order chi connectivity index (χ1) is 9.38. The first-order valence-corrected chi connectivity index (χ1v) is 8.72. The van der Waals surface area contributed by atoms with Crippen molar-refractivity contribution in [3.05, 3.63) is 11.3 Å². The summed E-state index contributed by atoms with van der Waals surface area (Å²) in [7, 11) is 4.21. The Bertz CT molecular complexity index is 414. The molecular weight excluding hydrogens is 268 g/mol. The monoisotopic (exact) mass is 298 g/mol. The molecule has 1 heterocycles. The molecule has 1 rings (SSSR count). The van der Waals surface area contributed by atoms with Crippen LogP contribution in [-0.2, 0) is 13.6 Å². The van der Waals surface area contributed by atoms with Crippen LogP contribution in [0.3, 0.4) is 0 Å². The van der Waals surface area contributed by atoms with E-state index in [-0.39, 0.29) is 0 Å². The van der Waals surface area contributed by atoms with Crippen molar-refractivity contribution in [1.82, 2.24) is 15.1 Å². The molecule has 1 N–H and O–H groups in total. The fraction of sp³-hybridized carbons (Fsp3) is 0.800. The summed E-state index contributed by atoms with van der Waals surface area (Å²) in [6.07, 6.45) is 2.16. The van der Waals surface area contributed by atoms with E-state index in [1.165, 1.54) is 11.4 Å². The van der Waals surface area contributed by atoms with E-state index in [0.717, 1.165) is 24.5 Å². The molecule has 20 heavy (non-hydrogen) atoms. The molecule has 0 aromatic carbocycles. The van der Waals surface area contributed by atoms with E-state index in [1.807, 2.05) is 23.5 Å². The second-order valence-electron chi connectivity index (χ2n) is 5.95. The minimum absolute atomic E-state index is 0.503. The molecule has 0 spiro atoms. The number of aromatic nitrogens is 2. The summed E-state index contributed by atoms with van der Waals surface area (Å²) < 4.78 is 2.01. The van der Waals surface area contributed by atoms with Crippen molar-refractivity contribution in [2.45, 2.75) is 40.3 Å². The van der Waals surface area contributed by atoms with Crippen molar-refractivity contribution in [1.29, 1.82) is 0 Å². The van der Waals surface area contributed by atoms with Gasteiger partial charge in [0.1, 0.15) is 5.82 Å². The summed E-state index contributed by atoms with van der Waals surface area (Å²) in [5.74, 6) is 3.03. The lowest BCUT2D eigenvalue weighted by Gasteiger charge is -2.27. The van der Waals surface area contributed by atoms with E-state index in [4.69, 9.17) is 0 Å². The van der Waals surface area contributed by atoms with Gasteiger partial charge >= 0.3 is 0 Å². The van der Waals surface area contributed by atoms with Crippen LogP contribution in [0.5, 0.6) is 0 Å². The molecule has 1 aromatic heterocycles. The Morgan fingerprint density at radius 1 is 1.35 bits per heavy atom. The van der Waals surface area contributed by atoms with Gasteiger partial charge in [-0.15, -0.1) is 0 Å². The minimum atomic E-state index is 0.503. The zero-order chi connectivity index (χ0) is 15.3. The smallest absolute Gasteiger partial charge is 0.131 e. The molecule has 0 fully saturated rings. The highest BCUT2D eigenvalue weighted by molar-refractivity contribution is 7.98. The molecule has 0 aliphatic heterocycles. The van der Waals surface area contributed by atoms with Crippen molar-refractivity contribution < 1.29 is 0 Å². The van der Waals surface area contributed by atoms with Crippen molar-refractivity contribution in [3.63, 3.8) is 0 Å². The molecule has 0 aliphatic rings. The third-order valence-electron chi connectivity index (χ3n) is 3.57. The molecule has 0 bridgehead atoms. The van der Waals surface area contributed by atoms with Gasteiger partial charge in [0.25, 0.3) is 0 Å². The summed E-state index contributed by atoms with van der Waals surface area (Å²) in [5.41, 5.74) is 2.45. The van der Waals surface area contributed by atoms with Crippen LogP contribution in [0.1, 0.15) is 32.0 Å². The Balaban J connectivity index is 2.88. The molecule has 4 nitrogen and oxygen atoms in total. The Morgan fingerprint density at radius 2 is 2.00 bits per heavy atom. The van der Waals surface area contributed by atoms with Crippen molar-refractivity contribution in [2.24, 2.45) is 13.0 Å². The SMILES string of the molecule is CSCC(C)N(C)c1c(CNCC(C)C)c(C)nn1C. The third kappa shape index (κ3) is 4.42. The van der Waals surface area contributed by atoms with Crippen LogP contribution in [-0.4, -0.2) is 41.4 Å². The topological polar surface area (TPSA) is 33.1 Å². The number of anilines is 1. The molecule has 0 aliphatic carbocycles. The van der Waals surface area contributed by atoms with E-state index in [1.54, 1.807) is 0 Å². The van der Waals surface area contributed by atoms with Crippen LogP contribution in [0, 0.1) is 12.8 Å². The molecule has 1 atom stereocenters. The van der Waals surface area contributed by atoms with Gasteiger partial charge in [0.05, 0.1) is 5.69 Å². The normalized spacial score (nSPS) is 13.0. The number of rotatable bonds is 8. The van der Waals surface area contributed by atoms with E-state index in [0.29, 0.717) is 12.0 Å². The lowest BCUT2D eigenvalue weighted by atomic mass is 10.2. The highest BCUT2D eigenvalue weighted by Gasteiger charge is 2.20. The predicted octanol–water partition coefficient (Wildman–Crippen LogP) is 2.66. The first kappa shape index (κ1) is 17.4. The number of hydrogen-bond donors (Lipinski definition) is 1. The van der Waals surface area contributed by atoms with Crippen LogP contribution in [0.15, 0.2) is 0 Å². The number of nitrogens with zero attached hydrogens (tertiary/aromatic N) is 3. The average molecular weight is 298 g/mol. The second kappa shape index (κ2) is 7.93. The standard InChI is InChI=1S/C15H30N4S/c1-11(2)8-16-9-14-13(4)17-19(6)15(14)18(5)12(3)10-20-7/h11-12,16H,8-10H2,1-7H3. The second-order valence-corrected chi connectivity index (χ2v) is 6.86. The number of hydrogen-bond acceptors (Lipinski definition) is 4. The summed E-state index contributed by atoms with van der Waals surface area (Å²) in [5, 5.41) is 8.14. The highest BCUT2D eigenvalue weighted by Crippen LogP contribution is 2.24. The highest BCUT2D eigenvalue weighted by atomic mass is 32.2. The summed E-state index contributed by atoms with van der Waals surface area (Å²) in [6.45, 7) is 10.8. The molecule has 116 valence electrons. The Hall–Kier alpha value is -0.680. The largest absolute Gasteiger partial charge is 0.356 e. The zero-order valence-corrected chi connectivity index (χ0v) is 14.8. The maximum atomic E-state index is 4.60. The van der Waals surface area contributed by atoms with Gasteiger partial charge in [-0.05, 0) is 32.6 Å². The Labute approximate surface area is 128 Å². The van der Waals surface area contributed by atoms with Crippen LogP contribution in [0.2, 0.25) is 0 Å². The van der Waals surface area contributed by atoms with Gasteiger partial charge in [0, 0.05) is 38.0 Å². The van der Waals surface area contributed by atoms with E-state index >= 15 is 0 Å². The minimum Gasteiger partial charge on any atom is -0.356 e. The first-order valence-electron chi connectivity index (χ1n) is 7.33. The molecule has 5 heteroatoms. The molecule has 0 amide bonds. The predicted molar refractivity (Wildman–Crippen MR) is 90.7 cm³/mol. The van der Waals surface area contributed by atoms with Gasteiger partial charge in [0.2, 0.25) is 0 Å². The molecule has 0 saturated carbocycles. The summed E-state index contributed by atoms with van der Waals surface area (Å²) in [6, 6.07) is 0.503. The maximum absolute atomic E-state index is 4.60. The fourth-order valence-electron chi connectivity index (χ4n) is 2.39. The van der Waals surface area contributed by atoms with Crippen LogP contribution < -0.4 is 10.2 Å². The molecule has 1 unspecified atom stereocenters. The summed E-state index contributed by atoms with van der Waals surface area (Å²) >= 11 is 1.89. The average Bonchev–Trinajstić information content (AvgIpc) is 2.63. The van der Waals surface area contributed by atoms with Gasteiger partial charge in [-0.3, -0.25) is 4.68 Å². The zero-order valence-electron chi connectivity index (χ0n) is 14.0. The third-order valence-corrected chi connectivity index (χ3v) is 4.39. The summed E-state index contributed by atoms with van der Waals surface area (Å²) in [4.78, 5) is 2.35. The fourth-order valence-corrected chi connectivity index (χ4v) is 3.09. The van der Waals surface area contributed by atoms with Crippen molar-refractivity contribution in [3.8, 4) is 0 Å². The van der Waals surface area contributed by atoms with E-state index in [9.17, 15) is 0 Å². The van der Waals surface area contributed by atoms with Crippen LogP contribution in [0.25, 0.3) is 0 Å². The van der Waals surface area contributed by atoms with Gasteiger partial charge in [-0.1, -0.05) is 13.8 Å². The molecule has 0 radical (unpaired) electrons. The van der Waals surface area contributed by atoms with Gasteiger partial charge < -0.3 is 10.2 Å². The lowest BCUT2D eigenvalue weighted by molar-refractivity contribution is 0.550. The van der Waals surface area contributed by atoms with Crippen molar-refractivity contribution >= 4 is 17.6 Å². The number of thioether (sulfide) groups is 1. The molecule has 1 aromatic rings. The lowest BCUT2D eigenvalue weighted by Crippen LogP contribution is -2.33. The Kier molecular flexibility index (Phi) is 6.89. The number of aryl methyl sites for hydroxylation is 2. The van der Waals surface area contributed by atoms with Gasteiger partial charge in [-0.25, -0.2) is 0 Å². The van der Waals surface area contributed by atoms with E-state index in [2.05, 4.69) is 56.3 Å². The molecular formula is C15H30N4S.